The van der Waals surface area contributed by atoms with Crippen LogP contribution in [0.3, 0.4) is 0 Å². The van der Waals surface area contributed by atoms with E-state index in [-0.39, 0.29) is 12.8 Å². The number of amides is 2. The van der Waals surface area contributed by atoms with Crippen molar-refractivity contribution in [2.75, 3.05) is 6.54 Å². The smallest absolute Gasteiger partial charge is 0.418 e. The Bertz CT molecular complexity index is 695. The van der Waals surface area contributed by atoms with Gasteiger partial charge in [-0.1, -0.05) is 28.1 Å². The highest BCUT2D eigenvalue weighted by atomic mass is 79.9. The zero-order chi connectivity index (χ0) is 17.5. The maximum atomic E-state index is 13.3. The van der Waals surface area contributed by atoms with E-state index in [0.717, 1.165) is 4.47 Å². The van der Waals surface area contributed by atoms with Gasteiger partial charge in [-0.05, 0) is 12.1 Å². The number of carbonyl (C=O) groups excluding carboxylic acids is 3. The molecule has 0 aromatic heterocycles. The van der Waals surface area contributed by atoms with Crippen LogP contribution in [0.2, 0.25) is 0 Å². The molecule has 0 bridgehead atoms. The van der Waals surface area contributed by atoms with Crippen molar-refractivity contribution in [1.82, 2.24) is 4.90 Å². The zero-order valence-corrected chi connectivity index (χ0v) is 14.1. The Morgan fingerprint density at radius 3 is 2.29 bits per heavy atom. The van der Waals surface area contributed by atoms with Crippen LogP contribution in [0, 0.1) is 0 Å². The highest BCUT2D eigenvalue weighted by Gasteiger charge is 2.58. The van der Waals surface area contributed by atoms with Gasteiger partial charge in [0.15, 0.2) is 11.4 Å². The van der Waals surface area contributed by atoms with E-state index in [4.69, 9.17) is 4.74 Å². The quantitative estimate of drug-likeness (QED) is 0.726. The van der Waals surface area contributed by atoms with E-state index >= 15 is 0 Å². The molecule has 2 fully saturated rings. The second-order valence-electron chi connectivity index (χ2n) is 6.04. The van der Waals surface area contributed by atoms with Gasteiger partial charge in [0.05, 0.1) is 6.54 Å². The summed E-state index contributed by atoms with van der Waals surface area (Å²) in [4.78, 5) is 37.4. The minimum absolute atomic E-state index is 0.229. The van der Waals surface area contributed by atoms with E-state index in [0.29, 0.717) is 10.5 Å². The number of carbonyl (C=O) groups is 3. The van der Waals surface area contributed by atoms with Gasteiger partial charge in [-0.15, -0.1) is 0 Å². The Morgan fingerprint density at radius 2 is 1.71 bits per heavy atom. The maximum Gasteiger partial charge on any atom is 0.418 e. The first-order valence-corrected chi connectivity index (χ1v) is 8.23. The molecule has 128 valence electrons. The molecule has 2 aliphatic rings. The van der Waals surface area contributed by atoms with Gasteiger partial charge < -0.3 is 4.74 Å². The number of ether oxygens (including phenoxy) is 1. The second-order valence-corrected chi connectivity index (χ2v) is 6.96. The number of hydrogen-bond acceptors (Lipinski definition) is 4. The third-order valence-corrected chi connectivity index (χ3v) is 4.92. The van der Waals surface area contributed by atoms with Crippen LogP contribution in [0.25, 0.3) is 0 Å². The van der Waals surface area contributed by atoms with Crippen LogP contribution in [-0.2, 0) is 9.53 Å². The Hall–Kier alpha value is -1.83. The number of Topliss-reactive ketones (excluding diaryl/α,β-unsaturated/α-hetero) is 1. The normalized spacial score (nSPS) is 21.9. The number of benzene rings is 1. The Kier molecular flexibility index (Phi) is 4.19. The fraction of sp³-hybridized carbons (Fsp3) is 0.438. The Morgan fingerprint density at radius 1 is 1.12 bits per heavy atom. The number of imide groups is 1. The highest BCUT2D eigenvalue weighted by Crippen LogP contribution is 2.44. The van der Waals surface area contributed by atoms with E-state index in [2.05, 4.69) is 15.9 Å². The predicted molar refractivity (Wildman–Crippen MR) is 82.8 cm³/mol. The molecule has 0 atom stereocenters. The van der Waals surface area contributed by atoms with Crippen molar-refractivity contribution in [1.29, 1.82) is 0 Å². The summed E-state index contributed by atoms with van der Waals surface area (Å²) in [7, 11) is 0. The molecule has 1 spiro atoms. The zero-order valence-electron chi connectivity index (χ0n) is 12.6. The van der Waals surface area contributed by atoms with Gasteiger partial charge in [0.1, 0.15) is 0 Å². The van der Waals surface area contributed by atoms with Crippen molar-refractivity contribution in [2.45, 2.75) is 37.2 Å². The van der Waals surface area contributed by atoms with Crippen molar-refractivity contribution < 1.29 is 27.9 Å². The molecular formula is C16H14BrF2NO4. The standard InChI is InChI=1S/C16H14BrF2NO4/c17-11-3-1-10(2-4-11)12(21)9-20-13(22)15(24-14(20)23)5-7-16(18,19)8-6-15/h1-4H,5-9H2. The fourth-order valence-corrected chi connectivity index (χ4v) is 3.20. The molecule has 24 heavy (non-hydrogen) atoms. The number of halogens is 3. The van der Waals surface area contributed by atoms with E-state index in [1.807, 2.05) is 0 Å². The molecule has 1 heterocycles. The minimum Gasteiger partial charge on any atom is -0.432 e. The summed E-state index contributed by atoms with van der Waals surface area (Å²) in [6, 6.07) is 6.47. The van der Waals surface area contributed by atoms with E-state index in [9.17, 15) is 23.2 Å². The number of rotatable bonds is 3. The topological polar surface area (TPSA) is 63.7 Å². The van der Waals surface area contributed by atoms with Crippen LogP contribution in [0.1, 0.15) is 36.0 Å². The van der Waals surface area contributed by atoms with Crippen LogP contribution in [0.15, 0.2) is 28.7 Å². The summed E-state index contributed by atoms with van der Waals surface area (Å²) >= 11 is 3.25. The lowest BCUT2D eigenvalue weighted by molar-refractivity contribution is -0.146. The highest BCUT2D eigenvalue weighted by molar-refractivity contribution is 9.10. The monoisotopic (exact) mass is 401 g/mol. The summed E-state index contributed by atoms with van der Waals surface area (Å²) in [6.45, 7) is -0.461. The first kappa shape index (κ1) is 17.0. The number of nitrogens with zero attached hydrogens (tertiary/aromatic N) is 1. The summed E-state index contributed by atoms with van der Waals surface area (Å²) in [5.74, 6) is -3.97. The molecular weight excluding hydrogens is 388 g/mol. The Balaban J connectivity index is 1.73. The summed E-state index contributed by atoms with van der Waals surface area (Å²) in [5, 5.41) is 0. The van der Waals surface area contributed by atoms with Gasteiger partial charge in [0.25, 0.3) is 5.91 Å². The average molecular weight is 402 g/mol. The Labute approximate surface area is 145 Å². The second kappa shape index (κ2) is 5.91. The average Bonchev–Trinajstić information content (AvgIpc) is 2.76. The van der Waals surface area contributed by atoms with Gasteiger partial charge in [-0.25, -0.2) is 18.5 Å². The van der Waals surface area contributed by atoms with Crippen molar-refractivity contribution in [2.24, 2.45) is 0 Å². The van der Waals surface area contributed by atoms with Crippen LogP contribution in [-0.4, -0.2) is 40.8 Å². The molecule has 1 aliphatic heterocycles. The molecule has 1 aromatic rings. The molecule has 2 amide bonds. The lowest BCUT2D eigenvalue weighted by Crippen LogP contribution is -2.47. The van der Waals surface area contributed by atoms with Crippen molar-refractivity contribution >= 4 is 33.7 Å². The number of alkyl halides is 2. The van der Waals surface area contributed by atoms with Gasteiger partial charge in [0.2, 0.25) is 5.92 Å². The van der Waals surface area contributed by atoms with Crippen molar-refractivity contribution in [3.8, 4) is 0 Å². The molecule has 3 rings (SSSR count). The van der Waals surface area contributed by atoms with E-state index in [1.54, 1.807) is 24.3 Å². The molecule has 0 N–H and O–H groups in total. The van der Waals surface area contributed by atoms with Crippen LogP contribution < -0.4 is 0 Å². The molecule has 1 saturated heterocycles. The van der Waals surface area contributed by atoms with Crippen molar-refractivity contribution in [3.05, 3.63) is 34.3 Å². The third-order valence-electron chi connectivity index (χ3n) is 4.40. The molecule has 0 radical (unpaired) electrons. The lowest BCUT2D eigenvalue weighted by Gasteiger charge is -2.33. The largest absolute Gasteiger partial charge is 0.432 e. The van der Waals surface area contributed by atoms with E-state index in [1.165, 1.54) is 0 Å². The molecule has 5 nitrogen and oxygen atoms in total. The summed E-state index contributed by atoms with van der Waals surface area (Å²) in [6.07, 6.45) is -2.43. The van der Waals surface area contributed by atoms with Gasteiger partial charge >= 0.3 is 6.09 Å². The molecule has 1 saturated carbocycles. The maximum absolute atomic E-state index is 13.3. The van der Waals surface area contributed by atoms with Crippen LogP contribution in [0.4, 0.5) is 13.6 Å². The van der Waals surface area contributed by atoms with Crippen molar-refractivity contribution in [3.63, 3.8) is 0 Å². The number of hydrogen-bond donors (Lipinski definition) is 0. The number of ketones is 1. The van der Waals surface area contributed by atoms with Gasteiger partial charge in [-0.3, -0.25) is 9.59 Å². The SMILES string of the molecule is O=C(CN1C(=O)OC2(CCC(F)(F)CC2)C1=O)c1ccc(Br)cc1. The van der Waals surface area contributed by atoms with Gasteiger partial charge in [-0.2, -0.15) is 0 Å². The summed E-state index contributed by atoms with van der Waals surface area (Å²) in [5.41, 5.74) is -1.20. The van der Waals surface area contributed by atoms with E-state index < -0.39 is 48.7 Å². The lowest BCUT2D eigenvalue weighted by atomic mass is 9.82. The molecule has 0 unspecified atom stereocenters. The summed E-state index contributed by atoms with van der Waals surface area (Å²) < 4.78 is 32.5. The first-order valence-electron chi connectivity index (χ1n) is 7.44. The third kappa shape index (κ3) is 3.07. The van der Waals surface area contributed by atoms with Gasteiger partial charge in [0, 0.05) is 35.7 Å². The molecule has 8 heteroatoms. The molecule has 1 aliphatic carbocycles. The van der Waals surface area contributed by atoms with Crippen LogP contribution in [0.5, 0.6) is 0 Å². The van der Waals surface area contributed by atoms with Crippen LogP contribution >= 0.6 is 15.9 Å². The first-order chi connectivity index (χ1) is 11.2. The predicted octanol–water partition coefficient (Wildman–Crippen LogP) is 3.56. The minimum atomic E-state index is -2.85. The molecule has 1 aromatic carbocycles. The fourth-order valence-electron chi connectivity index (χ4n) is 2.94.